The Morgan fingerprint density at radius 3 is 2.50 bits per heavy atom. The summed E-state index contributed by atoms with van der Waals surface area (Å²) in [5.74, 6) is 3.47. The van der Waals surface area contributed by atoms with Crippen molar-refractivity contribution in [2.75, 3.05) is 0 Å². The largest absolute Gasteiger partial charge is 0.390 e. The van der Waals surface area contributed by atoms with Crippen molar-refractivity contribution >= 4 is 5.78 Å². The number of Topliss-reactive ketones (excluding diaryl/α,β-unsaturated/α-hetero) is 1. The van der Waals surface area contributed by atoms with E-state index in [0.29, 0.717) is 23.0 Å². The van der Waals surface area contributed by atoms with Gasteiger partial charge in [0.2, 0.25) is 0 Å². The summed E-state index contributed by atoms with van der Waals surface area (Å²) in [6.07, 6.45) is 10.1. The van der Waals surface area contributed by atoms with Gasteiger partial charge in [0.15, 0.2) is 0 Å². The Labute approximate surface area is 135 Å². The van der Waals surface area contributed by atoms with Crippen LogP contribution in [0.3, 0.4) is 0 Å². The lowest BCUT2D eigenvalue weighted by atomic mass is 9.44. The molecule has 0 aromatic carbocycles. The Bertz CT molecular complexity index is 496. The topological polar surface area (TPSA) is 37.3 Å². The predicted molar refractivity (Wildman–Crippen MR) is 87.4 cm³/mol. The lowest BCUT2D eigenvalue weighted by Gasteiger charge is -2.61. The van der Waals surface area contributed by atoms with Gasteiger partial charge in [-0.15, -0.1) is 0 Å². The van der Waals surface area contributed by atoms with E-state index in [1.165, 1.54) is 25.7 Å². The number of hydrogen-bond donors (Lipinski definition) is 1. The molecular weight excluding hydrogens is 272 g/mol. The monoisotopic (exact) mass is 304 g/mol. The molecule has 0 spiro atoms. The van der Waals surface area contributed by atoms with Gasteiger partial charge < -0.3 is 5.11 Å². The van der Waals surface area contributed by atoms with E-state index in [1.807, 2.05) is 6.92 Å². The van der Waals surface area contributed by atoms with Gasteiger partial charge in [0, 0.05) is 11.8 Å². The molecule has 1 N–H and O–H groups in total. The van der Waals surface area contributed by atoms with Gasteiger partial charge in [-0.25, -0.2) is 0 Å². The highest BCUT2D eigenvalue weighted by Crippen LogP contribution is 2.66. The molecule has 4 saturated carbocycles. The van der Waals surface area contributed by atoms with Crippen LogP contribution in [0.2, 0.25) is 0 Å². The third-order valence-electron chi connectivity index (χ3n) is 8.66. The third kappa shape index (κ3) is 1.92. The number of aliphatic hydroxyl groups is 1. The molecule has 124 valence electrons. The van der Waals surface area contributed by atoms with E-state index < -0.39 is 5.60 Å². The van der Waals surface area contributed by atoms with Crippen LogP contribution in [0.5, 0.6) is 0 Å². The van der Waals surface area contributed by atoms with E-state index in [-0.39, 0.29) is 5.41 Å². The molecule has 4 aliphatic carbocycles. The molecule has 0 saturated heterocycles. The minimum atomic E-state index is -0.441. The molecule has 2 heteroatoms. The van der Waals surface area contributed by atoms with Crippen molar-refractivity contribution in [1.82, 2.24) is 0 Å². The molecule has 22 heavy (non-hydrogen) atoms. The summed E-state index contributed by atoms with van der Waals surface area (Å²) < 4.78 is 0. The van der Waals surface area contributed by atoms with Crippen LogP contribution in [0.15, 0.2) is 0 Å². The number of fused-ring (bicyclic) bond motifs is 5. The minimum Gasteiger partial charge on any atom is -0.390 e. The smallest absolute Gasteiger partial charge is 0.139 e. The third-order valence-corrected chi connectivity index (χ3v) is 8.66. The van der Waals surface area contributed by atoms with Crippen LogP contribution in [0.25, 0.3) is 0 Å². The van der Waals surface area contributed by atoms with Crippen LogP contribution in [0, 0.1) is 34.5 Å². The fourth-order valence-electron chi connectivity index (χ4n) is 7.20. The Balaban J connectivity index is 1.63. The Morgan fingerprint density at radius 2 is 1.73 bits per heavy atom. The van der Waals surface area contributed by atoms with E-state index in [2.05, 4.69) is 13.8 Å². The second-order valence-corrected chi connectivity index (χ2v) is 9.78. The van der Waals surface area contributed by atoms with Gasteiger partial charge in [0.25, 0.3) is 0 Å². The van der Waals surface area contributed by atoms with Crippen LogP contribution in [-0.4, -0.2) is 16.5 Å². The van der Waals surface area contributed by atoms with Crippen LogP contribution >= 0.6 is 0 Å². The molecule has 0 heterocycles. The van der Waals surface area contributed by atoms with E-state index in [0.717, 1.165) is 43.9 Å². The average molecular weight is 304 g/mol. The second-order valence-electron chi connectivity index (χ2n) is 9.78. The molecule has 0 bridgehead atoms. The summed E-state index contributed by atoms with van der Waals surface area (Å²) in [5, 5.41) is 10.5. The first-order valence-corrected chi connectivity index (χ1v) is 9.52. The molecule has 0 unspecified atom stereocenters. The summed E-state index contributed by atoms with van der Waals surface area (Å²) in [4.78, 5) is 12.4. The normalized spacial score (nSPS) is 57.9. The lowest BCUT2D eigenvalue weighted by Crippen LogP contribution is -2.55. The Hall–Kier alpha value is -0.370. The maximum absolute atomic E-state index is 12.4. The van der Waals surface area contributed by atoms with Crippen molar-refractivity contribution in [3.05, 3.63) is 0 Å². The molecule has 0 aromatic heterocycles. The van der Waals surface area contributed by atoms with Crippen LogP contribution in [0.1, 0.15) is 78.6 Å². The number of carbonyl (C=O) groups is 1. The Morgan fingerprint density at radius 1 is 0.955 bits per heavy atom. The maximum atomic E-state index is 12.4. The van der Waals surface area contributed by atoms with Gasteiger partial charge in [0.05, 0.1) is 5.60 Å². The summed E-state index contributed by atoms with van der Waals surface area (Å²) >= 11 is 0. The molecule has 0 radical (unpaired) electrons. The van der Waals surface area contributed by atoms with E-state index in [9.17, 15) is 9.90 Å². The maximum Gasteiger partial charge on any atom is 0.139 e. The van der Waals surface area contributed by atoms with Crippen molar-refractivity contribution in [2.24, 2.45) is 34.5 Å². The van der Waals surface area contributed by atoms with Crippen LogP contribution in [0.4, 0.5) is 0 Å². The van der Waals surface area contributed by atoms with Gasteiger partial charge in [-0.05, 0) is 87.4 Å². The summed E-state index contributed by atoms with van der Waals surface area (Å²) in [6.45, 7) is 6.82. The lowest BCUT2D eigenvalue weighted by molar-refractivity contribution is -0.151. The fourth-order valence-corrected chi connectivity index (χ4v) is 7.20. The number of carbonyl (C=O) groups excluding carboxylic acids is 1. The van der Waals surface area contributed by atoms with Crippen molar-refractivity contribution in [1.29, 1.82) is 0 Å². The first-order chi connectivity index (χ1) is 10.3. The molecule has 4 fully saturated rings. The zero-order valence-electron chi connectivity index (χ0n) is 14.5. The first kappa shape index (κ1) is 15.2. The summed E-state index contributed by atoms with van der Waals surface area (Å²) in [5.41, 5.74) is -0.0217. The van der Waals surface area contributed by atoms with Crippen molar-refractivity contribution in [3.63, 3.8) is 0 Å². The quantitative estimate of drug-likeness (QED) is 0.722. The van der Waals surface area contributed by atoms with E-state index in [4.69, 9.17) is 0 Å². The van der Waals surface area contributed by atoms with Crippen LogP contribution < -0.4 is 0 Å². The van der Waals surface area contributed by atoms with Crippen molar-refractivity contribution in [2.45, 2.75) is 84.2 Å². The highest BCUT2D eigenvalue weighted by molar-refractivity contribution is 5.87. The highest BCUT2D eigenvalue weighted by Gasteiger charge is 2.60. The van der Waals surface area contributed by atoms with Gasteiger partial charge in [-0.2, -0.15) is 0 Å². The van der Waals surface area contributed by atoms with Gasteiger partial charge in [0.1, 0.15) is 5.78 Å². The Kier molecular flexibility index (Phi) is 3.16. The van der Waals surface area contributed by atoms with Crippen LogP contribution in [-0.2, 0) is 4.79 Å². The molecule has 2 nitrogen and oxygen atoms in total. The van der Waals surface area contributed by atoms with Gasteiger partial charge in [-0.3, -0.25) is 4.79 Å². The molecule has 7 atom stereocenters. The SMILES string of the molecule is C[C@]1(O)CC[C@]2(C)[C@@H](CC[C@H]3[C@H]2CC[C@@]2(C)C(=O)CC[C@H]32)C1. The predicted octanol–water partition coefficient (Wildman–Crippen LogP) is 4.35. The molecule has 4 aliphatic rings. The molecule has 0 amide bonds. The van der Waals surface area contributed by atoms with E-state index >= 15 is 0 Å². The number of hydrogen-bond acceptors (Lipinski definition) is 2. The second kappa shape index (κ2) is 4.59. The average Bonchev–Trinajstić information content (AvgIpc) is 2.76. The fraction of sp³-hybridized carbons (Fsp3) is 0.950. The molecule has 0 aliphatic heterocycles. The minimum absolute atomic E-state index is 0.00449. The molecular formula is C20H32O2. The first-order valence-electron chi connectivity index (χ1n) is 9.52. The number of rotatable bonds is 0. The highest BCUT2D eigenvalue weighted by atomic mass is 16.3. The van der Waals surface area contributed by atoms with E-state index in [1.54, 1.807) is 0 Å². The van der Waals surface area contributed by atoms with Crippen molar-refractivity contribution in [3.8, 4) is 0 Å². The van der Waals surface area contributed by atoms with Gasteiger partial charge in [-0.1, -0.05) is 13.8 Å². The van der Waals surface area contributed by atoms with Crippen molar-refractivity contribution < 1.29 is 9.90 Å². The summed E-state index contributed by atoms with van der Waals surface area (Å²) in [6, 6.07) is 0. The number of ketones is 1. The zero-order valence-corrected chi connectivity index (χ0v) is 14.5. The van der Waals surface area contributed by atoms with Gasteiger partial charge >= 0.3 is 0 Å². The molecule has 4 rings (SSSR count). The standard InChI is InChI=1S/C20H32O2/c1-18(22)10-11-19(2)13(12-18)4-5-14-15-6-7-17(21)20(15,3)9-8-16(14)19/h13-16,22H,4-12H2,1-3H3/t13-,14+,15+,16+,18-,19+,20+/m0/s1. The zero-order chi connectivity index (χ0) is 15.8. The summed E-state index contributed by atoms with van der Waals surface area (Å²) in [7, 11) is 0. The molecule has 0 aromatic rings.